The van der Waals surface area contributed by atoms with Crippen LogP contribution in [0.5, 0.6) is 0 Å². The van der Waals surface area contributed by atoms with Crippen LogP contribution in [0.1, 0.15) is 32.1 Å². The Labute approximate surface area is 146 Å². The molecule has 0 saturated carbocycles. The standard InChI is InChI=1S/C15H14F3N3O4S/c1-7-10(13(19)22)21(2)11(14(20)23)12(7)26(24,25)9-5-3-4-8(6-9)15(16,17)18/h3-6H,1-2H3,(H2,19,22)(H2,20,23). The fraction of sp³-hybridized carbons (Fsp3) is 0.200. The van der Waals surface area contributed by atoms with E-state index in [-0.39, 0.29) is 11.3 Å². The highest BCUT2D eigenvalue weighted by molar-refractivity contribution is 7.91. The molecular formula is C15H14F3N3O4S. The molecule has 2 rings (SSSR count). The van der Waals surface area contributed by atoms with Gasteiger partial charge in [0.1, 0.15) is 16.3 Å². The molecule has 0 radical (unpaired) electrons. The van der Waals surface area contributed by atoms with Gasteiger partial charge >= 0.3 is 6.18 Å². The van der Waals surface area contributed by atoms with Gasteiger partial charge in [-0.15, -0.1) is 0 Å². The lowest BCUT2D eigenvalue weighted by Gasteiger charge is -2.10. The van der Waals surface area contributed by atoms with E-state index in [0.29, 0.717) is 12.1 Å². The Morgan fingerprint density at radius 2 is 1.62 bits per heavy atom. The van der Waals surface area contributed by atoms with Gasteiger partial charge in [-0.25, -0.2) is 8.42 Å². The summed E-state index contributed by atoms with van der Waals surface area (Å²) in [5.41, 5.74) is 8.23. The maximum absolute atomic E-state index is 12.9. The highest BCUT2D eigenvalue weighted by Gasteiger charge is 2.36. The molecule has 1 aromatic carbocycles. The molecule has 0 fully saturated rings. The van der Waals surface area contributed by atoms with E-state index in [1.807, 2.05) is 0 Å². The first-order valence-corrected chi connectivity index (χ1v) is 8.49. The van der Waals surface area contributed by atoms with Crippen molar-refractivity contribution in [2.45, 2.75) is 22.9 Å². The van der Waals surface area contributed by atoms with Gasteiger partial charge < -0.3 is 16.0 Å². The number of rotatable bonds is 4. The summed E-state index contributed by atoms with van der Waals surface area (Å²) < 4.78 is 65.4. The van der Waals surface area contributed by atoms with E-state index < -0.39 is 48.9 Å². The Morgan fingerprint density at radius 1 is 1.08 bits per heavy atom. The van der Waals surface area contributed by atoms with E-state index in [0.717, 1.165) is 16.7 Å². The Kier molecular flexibility index (Phi) is 4.62. The quantitative estimate of drug-likeness (QED) is 0.819. The van der Waals surface area contributed by atoms with E-state index in [2.05, 4.69) is 0 Å². The minimum Gasteiger partial charge on any atom is -0.364 e. The molecule has 0 aliphatic heterocycles. The molecule has 7 nitrogen and oxygen atoms in total. The molecule has 140 valence electrons. The summed E-state index contributed by atoms with van der Waals surface area (Å²) >= 11 is 0. The van der Waals surface area contributed by atoms with Crippen molar-refractivity contribution in [2.24, 2.45) is 18.5 Å². The summed E-state index contributed by atoms with van der Waals surface area (Å²) in [4.78, 5) is 22.0. The number of halogens is 3. The van der Waals surface area contributed by atoms with Crippen LogP contribution >= 0.6 is 0 Å². The predicted octanol–water partition coefficient (Wildman–Crippen LogP) is 1.38. The van der Waals surface area contributed by atoms with E-state index >= 15 is 0 Å². The average molecular weight is 389 g/mol. The van der Waals surface area contributed by atoms with Gasteiger partial charge in [-0.1, -0.05) is 6.07 Å². The molecule has 0 spiro atoms. The van der Waals surface area contributed by atoms with Gasteiger partial charge in [-0.2, -0.15) is 13.2 Å². The normalized spacial score (nSPS) is 12.2. The van der Waals surface area contributed by atoms with Crippen molar-refractivity contribution in [2.75, 3.05) is 0 Å². The lowest BCUT2D eigenvalue weighted by atomic mass is 10.2. The molecule has 0 saturated heterocycles. The topological polar surface area (TPSA) is 125 Å². The summed E-state index contributed by atoms with van der Waals surface area (Å²) in [5, 5.41) is 0. The van der Waals surface area contributed by atoms with Crippen LogP contribution in [-0.2, 0) is 23.1 Å². The second kappa shape index (κ2) is 6.16. The highest BCUT2D eigenvalue weighted by Crippen LogP contribution is 2.34. The molecule has 0 atom stereocenters. The molecule has 26 heavy (non-hydrogen) atoms. The summed E-state index contributed by atoms with van der Waals surface area (Å²) in [6.07, 6.45) is -4.76. The number of primary amides is 2. The van der Waals surface area contributed by atoms with Crippen LogP contribution < -0.4 is 11.5 Å². The van der Waals surface area contributed by atoms with Crippen molar-refractivity contribution >= 4 is 21.7 Å². The zero-order valence-electron chi connectivity index (χ0n) is 13.6. The van der Waals surface area contributed by atoms with Gasteiger partial charge in [0.05, 0.1) is 10.5 Å². The Hall–Kier alpha value is -2.82. The third kappa shape index (κ3) is 3.05. The number of aromatic nitrogens is 1. The Morgan fingerprint density at radius 3 is 2.08 bits per heavy atom. The molecule has 2 aromatic rings. The summed E-state index contributed by atoms with van der Waals surface area (Å²) in [5.74, 6) is -2.19. The molecule has 11 heteroatoms. The number of hydrogen-bond acceptors (Lipinski definition) is 4. The Balaban J connectivity index is 2.85. The summed E-state index contributed by atoms with van der Waals surface area (Å²) in [6, 6.07) is 3.02. The van der Waals surface area contributed by atoms with Crippen LogP contribution in [0.4, 0.5) is 13.2 Å². The number of carbonyl (C=O) groups is 2. The maximum atomic E-state index is 12.9. The molecule has 2 amide bonds. The number of amides is 2. The number of nitrogens with zero attached hydrogens (tertiary/aromatic N) is 1. The number of alkyl halides is 3. The van der Waals surface area contributed by atoms with Crippen LogP contribution in [0.25, 0.3) is 0 Å². The van der Waals surface area contributed by atoms with Crippen molar-refractivity contribution < 1.29 is 31.2 Å². The molecular weight excluding hydrogens is 375 g/mol. The van der Waals surface area contributed by atoms with Crippen molar-refractivity contribution in [3.8, 4) is 0 Å². The molecule has 0 unspecified atom stereocenters. The highest BCUT2D eigenvalue weighted by atomic mass is 32.2. The number of sulfone groups is 1. The molecule has 4 N–H and O–H groups in total. The van der Waals surface area contributed by atoms with E-state index in [9.17, 15) is 31.2 Å². The van der Waals surface area contributed by atoms with Crippen LogP contribution in [0, 0.1) is 6.92 Å². The first-order valence-electron chi connectivity index (χ1n) is 7.01. The van der Waals surface area contributed by atoms with Crippen molar-refractivity contribution in [3.63, 3.8) is 0 Å². The van der Waals surface area contributed by atoms with Gasteiger partial charge in [-0.05, 0) is 30.7 Å². The van der Waals surface area contributed by atoms with Crippen LogP contribution in [-0.4, -0.2) is 24.8 Å². The third-order valence-corrected chi connectivity index (χ3v) is 5.70. The largest absolute Gasteiger partial charge is 0.416 e. The molecule has 0 aliphatic carbocycles. The fourth-order valence-electron chi connectivity index (χ4n) is 2.71. The number of carbonyl (C=O) groups excluding carboxylic acids is 2. The average Bonchev–Trinajstić information content (AvgIpc) is 2.78. The van der Waals surface area contributed by atoms with Crippen LogP contribution in [0.2, 0.25) is 0 Å². The number of nitrogens with two attached hydrogens (primary N) is 2. The molecule has 0 aliphatic rings. The zero-order valence-corrected chi connectivity index (χ0v) is 14.4. The second-order valence-corrected chi connectivity index (χ2v) is 7.35. The number of hydrogen-bond donors (Lipinski definition) is 2. The van der Waals surface area contributed by atoms with Crippen molar-refractivity contribution in [1.82, 2.24) is 4.57 Å². The molecule has 0 bridgehead atoms. The first kappa shape index (κ1) is 19.5. The molecule has 1 heterocycles. The Bertz CT molecular complexity index is 1020. The lowest BCUT2D eigenvalue weighted by Crippen LogP contribution is -2.22. The monoisotopic (exact) mass is 389 g/mol. The molecule has 1 aromatic heterocycles. The summed E-state index contributed by atoms with van der Waals surface area (Å²) in [6.45, 7) is 1.22. The smallest absolute Gasteiger partial charge is 0.364 e. The van der Waals surface area contributed by atoms with Gasteiger partial charge in [0.2, 0.25) is 9.84 Å². The van der Waals surface area contributed by atoms with Crippen molar-refractivity contribution in [3.05, 3.63) is 46.8 Å². The van der Waals surface area contributed by atoms with Gasteiger partial charge in [0.15, 0.2) is 0 Å². The minimum atomic E-state index is -4.76. The maximum Gasteiger partial charge on any atom is 0.416 e. The SMILES string of the molecule is Cc1c(S(=O)(=O)c2cccc(C(F)(F)F)c2)c(C(N)=O)n(C)c1C(N)=O. The minimum absolute atomic E-state index is 0.175. The van der Waals surface area contributed by atoms with Gasteiger partial charge in [-0.3, -0.25) is 9.59 Å². The summed E-state index contributed by atoms with van der Waals surface area (Å²) in [7, 11) is -3.39. The van der Waals surface area contributed by atoms with Gasteiger partial charge in [0, 0.05) is 7.05 Å². The zero-order chi connectivity index (χ0) is 20.0. The fourth-order valence-corrected chi connectivity index (χ4v) is 4.48. The number of benzene rings is 1. The first-order chi connectivity index (χ1) is 11.8. The van der Waals surface area contributed by atoms with Crippen LogP contribution in [0.3, 0.4) is 0 Å². The van der Waals surface area contributed by atoms with E-state index in [1.54, 1.807) is 0 Å². The van der Waals surface area contributed by atoms with Gasteiger partial charge in [0.25, 0.3) is 11.8 Å². The van der Waals surface area contributed by atoms with Crippen molar-refractivity contribution in [1.29, 1.82) is 0 Å². The second-order valence-electron chi connectivity index (χ2n) is 5.47. The van der Waals surface area contributed by atoms with E-state index in [4.69, 9.17) is 11.5 Å². The predicted molar refractivity (Wildman–Crippen MR) is 84.1 cm³/mol. The lowest BCUT2D eigenvalue weighted by molar-refractivity contribution is -0.137. The van der Waals surface area contributed by atoms with Crippen LogP contribution in [0.15, 0.2) is 34.1 Å². The van der Waals surface area contributed by atoms with E-state index in [1.165, 1.54) is 14.0 Å². The third-order valence-electron chi connectivity index (χ3n) is 3.79.